The normalized spacial score (nSPS) is 13.4. The number of unbranched alkanes of at least 4 members (excludes halogenated alkanes) is 37. The Hall–Kier alpha value is -1.25. The standard InChI is InChI=1S/C56H110NO8P/c1-6-8-10-12-14-16-18-20-22-24-26-28-30-32-34-36-38-40-42-44-46-48-55(58)62-52-54(53-64-66(60,61)63-51-50-57(3,4)5)65-56(59)49-47-45-43-41-39-37-35-33-31-29-27-25-23-21-19-17-15-13-11-9-7-2/h20,22,54H,6-19,21,23-53H2,1-5H3/b22-20-/t54-/m1/s1. The second kappa shape index (κ2) is 48.8. The summed E-state index contributed by atoms with van der Waals surface area (Å²) >= 11 is 0. The number of likely N-dealkylation sites (N-methyl/N-ethyl adjacent to an activating group) is 1. The Labute approximate surface area is 409 Å². The van der Waals surface area contributed by atoms with Crippen LogP contribution in [0.4, 0.5) is 0 Å². The number of rotatable bonds is 53. The smallest absolute Gasteiger partial charge is 0.306 e. The number of nitrogens with zero attached hydrogens (tertiary/aromatic N) is 1. The van der Waals surface area contributed by atoms with Crippen LogP contribution in [-0.4, -0.2) is 70.0 Å². The summed E-state index contributed by atoms with van der Waals surface area (Å²) in [5, 5.41) is 0. The predicted octanol–water partition coefficient (Wildman–Crippen LogP) is 16.6. The topological polar surface area (TPSA) is 111 Å². The van der Waals surface area contributed by atoms with Crippen molar-refractivity contribution < 1.29 is 42.1 Å². The summed E-state index contributed by atoms with van der Waals surface area (Å²) in [6.07, 6.45) is 55.3. The molecule has 0 fully saturated rings. The summed E-state index contributed by atoms with van der Waals surface area (Å²) in [5.74, 6) is -0.816. The van der Waals surface area contributed by atoms with Crippen LogP contribution in [0.2, 0.25) is 0 Å². The van der Waals surface area contributed by atoms with Gasteiger partial charge < -0.3 is 27.9 Å². The van der Waals surface area contributed by atoms with Crippen LogP contribution in [0.25, 0.3) is 0 Å². The monoisotopic (exact) mass is 956 g/mol. The van der Waals surface area contributed by atoms with Gasteiger partial charge in [0, 0.05) is 12.8 Å². The lowest BCUT2D eigenvalue weighted by Crippen LogP contribution is -2.37. The van der Waals surface area contributed by atoms with Crippen molar-refractivity contribution in [2.45, 2.75) is 290 Å². The molecule has 0 N–H and O–H groups in total. The molecular weight excluding hydrogens is 846 g/mol. The molecule has 1 unspecified atom stereocenters. The van der Waals surface area contributed by atoms with Crippen molar-refractivity contribution in [3.05, 3.63) is 12.2 Å². The molecule has 0 aliphatic rings. The van der Waals surface area contributed by atoms with Crippen LogP contribution in [0, 0.1) is 0 Å². The molecular formula is C56H110NO8P. The van der Waals surface area contributed by atoms with E-state index in [4.69, 9.17) is 18.5 Å². The van der Waals surface area contributed by atoms with Gasteiger partial charge in [-0.25, -0.2) is 0 Å². The van der Waals surface area contributed by atoms with Crippen molar-refractivity contribution >= 4 is 19.8 Å². The van der Waals surface area contributed by atoms with Crippen LogP contribution in [0.3, 0.4) is 0 Å². The molecule has 0 amide bonds. The van der Waals surface area contributed by atoms with E-state index in [9.17, 15) is 19.0 Å². The van der Waals surface area contributed by atoms with E-state index in [0.29, 0.717) is 17.4 Å². The Bertz CT molecular complexity index is 1130. The second-order valence-corrected chi connectivity index (χ2v) is 22.1. The quantitative estimate of drug-likeness (QED) is 0.0195. The highest BCUT2D eigenvalue weighted by Gasteiger charge is 2.22. The molecule has 0 rings (SSSR count). The number of hydrogen-bond acceptors (Lipinski definition) is 8. The van der Waals surface area contributed by atoms with Crippen LogP contribution in [0.1, 0.15) is 284 Å². The van der Waals surface area contributed by atoms with Crippen LogP contribution in [0.15, 0.2) is 12.2 Å². The molecule has 66 heavy (non-hydrogen) atoms. The zero-order valence-electron chi connectivity index (χ0n) is 44.4. The maximum absolute atomic E-state index is 12.8. The van der Waals surface area contributed by atoms with Gasteiger partial charge in [0.1, 0.15) is 19.8 Å². The van der Waals surface area contributed by atoms with Crippen molar-refractivity contribution in [2.75, 3.05) is 47.5 Å². The summed E-state index contributed by atoms with van der Waals surface area (Å²) < 4.78 is 34.2. The van der Waals surface area contributed by atoms with E-state index < -0.39 is 26.5 Å². The van der Waals surface area contributed by atoms with E-state index in [1.165, 1.54) is 218 Å². The number of quaternary nitrogens is 1. The van der Waals surface area contributed by atoms with Crippen LogP contribution in [-0.2, 0) is 32.7 Å². The summed E-state index contributed by atoms with van der Waals surface area (Å²) in [6, 6.07) is 0. The molecule has 0 saturated carbocycles. The molecule has 0 spiro atoms. The Kier molecular flexibility index (Phi) is 47.8. The van der Waals surface area contributed by atoms with Crippen molar-refractivity contribution in [1.82, 2.24) is 0 Å². The van der Waals surface area contributed by atoms with Gasteiger partial charge in [0.05, 0.1) is 27.7 Å². The minimum absolute atomic E-state index is 0.0269. The van der Waals surface area contributed by atoms with Crippen molar-refractivity contribution in [2.24, 2.45) is 0 Å². The van der Waals surface area contributed by atoms with Gasteiger partial charge in [-0.05, 0) is 38.5 Å². The van der Waals surface area contributed by atoms with Gasteiger partial charge in [-0.2, -0.15) is 0 Å². The number of carbonyl (C=O) groups is 2. The summed E-state index contributed by atoms with van der Waals surface area (Å²) in [7, 11) is 1.18. The lowest BCUT2D eigenvalue weighted by atomic mass is 10.0. The van der Waals surface area contributed by atoms with E-state index in [-0.39, 0.29) is 32.0 Å². The van der Waals surface area contributed by atoms with E-state index in [1.54, 1.807) is 0 Å². The zero-order valence-corrected chi connectivity index (χ0v) is 45.3. The third-order valence-electron chi connectivity index (χ3n) is 12.8. The fourth-order valence-corrected chi connectivity index (χ4v) is 9.09. The molecule has 0 bridgehead atoms. The van der Waals surface area contributed by atoms with Gasteiger partial charge in [0.15, 0.2) is 6.10 Å². The molecule has 9 nitrogen and oxygen atoms in total. The largest absolute Gasteiger partial charge is 0.756 e. The van der Waals surface area contributed by atoms with Gasteiger partial charge in [0.2, 0.25) is 0 Å². The average Bonchev–Trinajstić information content (AvgIpc) is 3.27. The first-order chi connectivity index (χ1) is 32.0. The molecule has 2 atom stereocenters. The molecule has 0 radical (unpaired) electrons. The van der Waals surface area contributed by atoms with Gasteiger partial charge in [0.25, 0.3) is 7.82 Å². The van der Waals surface area contributed by atoms with Gasteiger partial charge in [-0.1, -0.05) is 244 Å². The Balaban J connectivity index is 4.14. The number of hydrogen-bond donors (Lipinski definition) is 0. The fraction of sp³-hybridized carbons (Fsp3) is 0.929. The number of ether oxygens (including phenoxy) is 2. The number of phosphoric acid groups is 1. The molecule has 0 aromatic carbocycles. The van der Waals surface area contributed by atoms with Crippen molar-refractivity contribution in [3.8, 4) is 0 Å². The van der Waals surface area contributed by atoms with Crippen LogP contribution in [0.5, 0.6) is 0 Å². The van der Waals surface area contributed by atoms with Gasteiger partial charge in [-0.15, -0.1) is 0 Å². The molecule has 10 heteroatoms. The Morgan fingerprint density at radius 2 is 0.773 bits per heavy atom. The Morgan fingerprint density at radius 1 is 0.455 bits per heavy atom. The van der Waals surface area contributed by atoms with Crippen LogP contribution < -0.4 is 4.89 Å². The lowest BCUT2D eigenvalue weighted by molar-refractivity contribution is -0.870. The first-order valence-electron chi connectivity index (χ1n) is 28.4. The van der Waals surface area contributed by atoms with E-state index in [0.717, 1.165) is 32.1 Å². The Morgan fingerprint density at radius 3 is 1.12 bits per heavy atom. The fourth-order valence-electron chi connectivity index (χ4n) is 8.36. The molecule has 392 valence electrons. The molecule has 0 aliphatic heterocycles. The first kappa shape index (κ1) is 64.8. The highest BCUT2D eigenvalue weighted by atomic mass is 31.2. The predicted molar refractivity (Wildman–Crippen MR) is 278 cm³/mol. The third-order valence-corrected chi connectivity index (χ3v) is 13.7. The number of carbonyl (C=O) groups excluding carboxylic acids is 2. The minimum Gasteiger partial charge on any atom is -0.756 e. The minimum atomic E-state index is -4.63. The summed E-state index contributed by atoms with van der Waals surface area (Å²) in [5.41, 5.74) is 0. The maximum atomic E-state index is 12.8. The summed E-state index contributed by atoms with van der Waals surface area (Å²) in [6.45, 7) is 4.29. The SMILES string of the molecule is CCCCCCCC/C=C\CCCCCCCCCCCCCC(=O)OC[C@H](COP(=O)([O-])OCC[N+](C)(C)C)OC(=O)CCCCCCCCCCCCCCCCCCCCCCC. The van der Waals surface area contributed by atoms with Crippen molar-refractivity contribution in [3.63, 3.8) is 0 Å². The van der Waals surface area contributed by atoms with Crippen LogP contribution >= 0.6 is 7.82 Å². The second-order valence-electron chi connectivity index (χ2n) is 20.7. The number of phosphoric ester groups is 1. The molecule has 0 aromatic rings. The zero-order chi connectivity index (χ0) is 48.5. The maximum Gasteiger partial charge on any atom is 0.306 e. The van der Waals surface area contributed by atoms with Gasteiger partial charge in [-0.3, -0.25) is 14.2 Å². The highest BCUT2D eigenvalue weighted by Crippen LogP contribution is 2.38. The van der Waals surface area contributed by atoms with Crippen molar-refractivity contribution in [1.29, 1.82) is 0 Å². The van der Waals surface area contributed by atoms with E-state index in [1.807, 2.05) is 21.1 Å². The van der Waals surface area contributed by atoms with E-state index >= 15 is 0 Å². The van der Waals surface area contributed by atoms with Gasteiger partial charge >= 0.3 is 11.9 Å². The third kappa shape index (κ3) is 52.1. The first-order valence-corrected chi connectivity index (χ1v) is 29.9. The average molecular weight is 956 g/mol. The number of allylic oxidation sites excluding steroid dienone is 2. The molecule has 0 aliphatic carbocycles. The molecule has 0 saturated heterocycles. The lowest BCUT2D eigenvalue weighted by Gasteiger charge is -2.28. The molecule has 0 aromatic heterocycles. The molecule has 0 heterocycles. The summed E-state index contributed by atoms with van der Waals surface area (Å²) in [4.78, 5) is 37.8. The number of esters is 2. The van der Waals surface area contributed by atoms with E-state index in [2.05, 4.69) is 26.0 Å². The highest BCUT2D eigenvalue weighted by molar-refractivity contribution is 7.45.